The molecule has 0 spiro atoms. The molecular formula is C22H29N3O3S3. The summed E-state index contributed by atoms with van der Waals surface area (Å²) in [6.45, 7) is 3.87. The number of carbonyl (C=O) groups excluding carboxylic acids is 1. The molecule has 168 valence electrons. The maximum Gasteiger partial charge on any atom is 0.265 e. The molecule has 1 aliphatic carbocycles. The number of thiophene rings is 1. The van der Waals surface area contributed by atoms with Gasteiger partial charge in [0.05, 0.1) is 5.69 Å². The molecule has 1 fully saturated rings. The number of rotatable bonds is 7. The number of likely N-dealkylation sites (tertiary alicyclic amines) is 1. The second-order valence-corrected chi connectivity index (χ2v) is 12.1. The fourth-order valence-electron chi connectivity index (χ4n) is 4.08. The summed E-state index contributed by atoms with van der Waals surface area (Å²) in [5.74, 6) is 0.0442. The topological polar surface area (TPSA) is 79.4 Å². The molecule has 0 aromatic carbocycles. The summed E-state index contributed by atoms with van der Waals surface area (Å²) < 4.78 is 28.4. The zero-order chi connectivity index (χ0) is 21.8. The lowest BCUT2D eigenvalue weighted by molar-refractivity contribution is 0.0728. The van der Waals surface area contributed by atoms with Crippen LogP contribution in [0.15, 0.2) is 27.3 Å². The monoisotopic (exact) mass is 479 g/mol. The quantitative estimate of drug-likeness (QED) is 0.568. The van der Waals surface area contributed by atoms with Crippen molar-refractivity contribution in [2.75, 3.05) is 19.6 Å². The van der Waals surface area contributed by atoms with Gasteiger partial charge in [-0.2, -0.15) is 0 Å². The first-order valence-electron chi connectivity index (χ1n) is 11.0. The molecule has 0 radical (unpaired) electrons. The summed E-state index contributed by atoms with van der Waals surface area (Å²) in [5.41, 5.74) is 2.82. The Bertz CT molecular complexity index is 1060. The summed E-state index contributed by atoms with van der Waals surface area (Å²) >= 11 is 2.55. The first-order chi connectivity index (χ1) is 14.9. The minimum Gasteiger partial charge on any atom is -0.338 e. The highest BCUT2D eigenvalue weighted by molar-refractivity contribution is 7.91. The first kappa shape index (κ1) is 22.6. The van der Waals surface area contributed by atoms with Gasteiger partial charge in [-0.1, -0.05) is 11.6 Å². The number of hydrogen-bond donors (Lipinski definition) is 1. The molecule has 2 aromatic heterocycles. The van der Waals surface area contributed by atoms with Gasteiger partial charge in [-0.25, -0.2) is 18.1 Å². The van der Waals surface area contributed by atoms with Crippen molar-refractivity contribution in [2.45, 2.75) is 62.5 Å². The van der Waals surface area contributed by atoms with Crippen LogP contribution in [0.5, 0.6) is 0 Å². The largest absolute Gasteiger partial charge is 0.338 e. The van der Waals surface area contributed by atoms with E-state index < -0.39 is 10.0 Å². The van der Waals surface area contributed by atoms with Crippen molar-refractivity contribution in [1.82, 2.24) is 14.6 Å². The number of hydrogen-bond acceptors (Lipinski definition) is 6. The fourth-order valence-corrected chi connectivity index (χ4v) is 7.41. The highest BCUT2D eigenvalue weighted by atomic mass is 32.2. The molecule has 4 rings (SSSR count). The smallest absolute Gasteiger partial charge is 0.265 e. The lowest BCUT2D eigenvalue weighted by atomic mass is 9.97. The van der Waals surface area contributed by atoms with Gasteiger partial charge in [0.1, 0.15) is 14.1 Å². The highest BCUT2D eigenvalue weighted by Gasteiger charge is 2.24. The van der Waals surface area contributed by atoms with Crippen molar-refractivity contribution in [3.63, 3.8) is 0 Å². The van der Waals surface area contributed by atoms with E-state index in [1.165, 1.54) is 47.5 Å². The van der Waals surface area contributed by atoms with Crippen molar-refractivity contribution in [2.24, 2.45) is 0 Å². The maximum absolute atomic E-state index is 12.9. The average Bonchev–Trinajstić information content (AvgIpc) is 3.42. The Morgan fingerprint density at radius 1 is 1.19 bits per heavy atom. The van der Waals surface area contributed by atoms with Gasteiger partial charge < -0.3 is 4.90 Å². The van der Waals surface area contributed by atoms with Gasteiger partial charge in [0, 0.05) is 30.6 Å². The van der Waals surface area contributed by atoms with E-state index in [-0.39, 0.29) is 10.1 Å². The number of allylic oxidation sites excluding steroid dienone is 1. The molecule has 1 aliphatic heterocycles. The Kier molecular flexibility index (Phi) is 7.26. The number of amides is 1. The maximum atomic E-state index is 12.9. The van der Waals surface area contributed by atoms with Gasteiger partial charge in [0.25, 0.3) is 5.91 Å². The van der Waals surface area contributed by atoms with Crippen LogP contribution in [0.1, 0.15) is 66.7 Å². The Labute approximate surface area is 192 Å². The number of piperidine rings is 1. The second kappa shape index (κ2) is 9.94. The van der Waals surface area contributed by atoms with Crippen LogP contribution in [-0.4, -0.2) is 43.8 Å². The standard InChI is InChI=1S/C22H29N3O3S3/c1-16-20(22(26)25-12-6-3-7-13-25)30-21(24-16)18-14-19(29-15-18)31(27,28)23-11-10-17-8-4-2-5-9-17/h8,14-15,23H,2-7,9-13H2,1H3. The van der Waals surface area contributed by atoms with Gasteiger partial charge >= 0.3 is 0 Å². The van der Waals surface area contributed by atoms with Crippen molar-refractivity contribution in [3.05, 3.63) is 33.7 Å². The molecular weight excluding hydrogens is 450 g/mol. The summed E-state index contributed by atoms with van der Waals surface area (Å²) in [7, 11) is -3.54. The number of nitrogens with one attached hydrogen (secondary N) is 1. The van der Waals surface area contributed by atoms with Crippen LogP contribution in [0.3, 0.4) is 0 Å². The molecule has 2 aromatic rings. The number of aryl methyl sites for hydroxylation is 1. The van der Waals surface area contributed by atoms with Crippen LogP contribution in [0.2, 0.25) is 0 Å². The molecule has 6 nitrogen and oxygen atoms in total. The lowest BCUT2D eigenvalue weighted by Crippen LogP contribution is -2.35. The Morgan fingerprint density at radius 2 is 2.00 bits per heavy atom. The van der Waals surface area contributed by atoms with Gasteiger partial charge in [-0.3, -0.25) is 4.79 Å². The Balaban J connectivity index is 1.43. The molecule has 2 aliphatic rings. The zero-order valence-corrected chi connectivity index (χ0v) is 20.3. The third-order valence-electron chi connectivity index (χ3n) is 5.84. The number of thiazole rings is 1. The molecule has 9 heteroatoms. The van der Waals surface area contributed by atoms with Gasteiger partial charge in [-0.05, 0) is 64.4 Å². The van der Waals surface area contributed by atoms with E-state index in [4.69, 9.17) is 0 Å². The number of sulfonamides is 1. The number of aromatic nitrogens is 1. The summed E-state index contributed by atoms with van der Waals surface area (Å²) in [4.78, 5) is 20.0. The summed E-state index contributed by atoms with van der Waals surface area (Å²) in [5, 5.41) is 2.51. The minimum absolute atomic E-state index is 0.0442. The molecule has 0 atom stereocenters. The lowest BCUT2D eigenvalue weighted by Gasteiger charge is -2.26. The predicted molar refractivity (Wildman–Crippen MR) is 126 cm³/mol. The van der Waals surface area contributed by atoms with Crippen LogP contribution < -0.4 is 4.72 Å². The summed E-state index contributed by atoms with van der Waals surface area (Å²) in [6.07, 6.45) is 10.9. The molecule has 1 amide bonds. The highest BCUT2D eigenvalue weighted by Crippen LogP contribution is 2.33. The fraction of sp³-hybridized carbons (Fsp3) is 0.545. The van der Waals surface area contributed by atoms with E-state index in [9.17, 15) is 13.2 Å². The van der Waals surface area contributed by atoms with E-state index in [1.54, 1.807) is 6.07 Å². The molecule has 3 heterocycles. The first-order valence-corrected chi connectivity index (χ1v) is 14.1. The van der Waals surface area contributed by atoms with Crippen molar-refractivity contribution in [3.8, 4) is 10.6 Å². The molecule has 1 saturated heterocycles. The third-order valence-corrected chi connectivity index (χ3v) is 9.94. The van der Waals surface area contributed by atoms with Gasteiger partial charge in [-0.15, -0.1) is 22.7 Å². The average molecular weight is 480 g/mol. The summed E-state index contributed by atoms with van der Waals surface area (Å²) in [6, 6.07) is 1.67. The second-order valence-electron chi connectivity index (χ2n) is 8.20. The number of nitrogens with zero attached hydrogens (tertiary/aromatic N) is 2. The molecule has 1 N–H and O–H groups in total. The third kappa shape index (κ3) is 5.45. The Hall–Kier alpha value is -1.55. The van der Waals surface area contributed by atoms with E-state index in [0.717, 1.165) is 50.8 Å². The molecule has 0 unspecified atom stereocenters. The minimum atomic E-state index is -3.54. The van der Waals surface area contributed by atoms with E-state index in [0.29, 0.717) is 22.1 Å². The van der Waals surface area contributed by atoms with Crippen LogP contribution in [-0.2, 0) is 10.0 Å². The van der Waals surface area contributed by atoms with E-state index in [2.05, 4.69) is 15.8 Å². The van der Waals surface area contributed by atoms with Crippen LogP contribution >= 0.6 is 22.7 Å². The predicted octanol–water partition coefficient (Wildman–Crippen LogP) is 4.97. The molecule has 0 bridgehead atoms. The normalized spacial score (nSPS) is 17.6. The van der Waals surface area contributed by atoms with Crippen molar-refractivity contribution < 1.29 is 13.2 Å². The molecule has 31 heavy (non-hydrogen) atoms. The van der Waals surface area contributed by atoms with Gasteiger partial charge in [0.15, 0.2) is 0 Å². The van der Waals surface area contributed by atoms with E-state index >= 15 is 0 Å². The van der Waals surface area contributed by atoms with Crippen molar-refractivity contribution in [1.29, 1.82) is 0 Å². The van der Waals surface area contributed by atoms with Gasteiger partial charge in [0.2, 0.25) is 10.0 Å². The van der Waals surface area contributed by atoms with Crippen LogP contribution in [0.4, 0.5) is 0 Å². The van der Waals surface area contributed by atoms with Crippen LogP contribution in [0.25, 0.3) is 10.6 Å². The van der Waals surface area contributed by atoms with Crippen LogP contribution in [0, 0.1) is 6.92 Å². The van der Waals surface area contributed by atoms with E-state index in [1.807, 2.05) is 17.2 Å². The molecule has 0 saturated carbocycles. The zero-order valence-electron chi connectivity index (χ0n) is 17.9. The SMILES string of the molecule is Cc1nc(-c2csc(S(=O)(=O)NCCC3=CCCCC3)c2)sc1C(=O)N1CCCCC1. The Morgan fingerprint density at radius 3 is 2.74 bits per heavy atom. The van der Waals surface area contributed by atoms with Crippen molar-refractivity contribution >= 4 is 38.6 Å². The number of carbonyl (C=O) groups is 1.